The van der Waals surface area contributed by atoms with Gasteiger partial charge in [0, 0.05) is 29.2 Å². The van der Waals surface area contributed by atoms with E-state index in [0.29, 0.717) is 27.9 Å². The van der Waals surface area contributed by atoms with Crippen LogP contribution in [0.25, 0.3) is 22.3 Å². The number of carbonyl (C=O) groups is 1. The van der Waals surface area contributed by atoms with Gasteiger partial charge in [0.1, 0.15) is 17.0 Å². The van der Waals surface area contributed by atoms with E-state index in [1.807, 2.05) is 11.6 Å². The zero-order valence-electron chi connectivity index (χ0n) is 19.8. The Bertz CT molecular complexity index is 1410. The molecular weight excluding hydrogens is 476 g/mol. The van der Waals surface area contributed by atoms with Gasteiger partial charge in [-0.3, -0.25) is 14.5 Å². The molecule has 2 fully saturated rings. The summed E-state index contributed by atoms with van der Waals surface area (Å²) in [4.78, 5) is 17.6. The summed E-state index contributed by atoms with van der Waals surface area (Å²) in [6.07, 6.45) is 3.43. The Balaban J connectivity index is 1.53. The summed E-state index contributed by atoms with van der Waals surface area (Å²) in [5.74, 6) is -0.108. The standard InChI is InChI=1S/C25H27F2N3O4S/c1-24(2)9-17(10-24)30-19-8-16(20(31)11-25(3)13-35(32,33)14-25)12-28-22(19)21(29-30)15-5-4-6-18(7-15)34-23(26)27/h4-8,12,17,23H,9-11,13-14H2,1-3H3. The predicted molar refractivity (Wildman–Crippen MR) is 127 cm³/mol. The summed E-state index contributed by atoms with van der Waals surface area (Å²) < 4.78 is 55.2. The third-order valence-electron chi connectivity index (χ3n) is 6.85. The molecule has 0 radical (unpaired) electrons. The maximum Gasteiger partial charge on any atom is 0.387 e. The topological polar surface area (TPSA) is 91.2 Å². The average molecular weight is 504 g/mol. The van der Waals surface area contributed by atoms with Crippen molar-refractivity contribution in [2.24, 2.45) is 10.8 Å². The van der Waals surface area contributed by atoms with Gasteiger partial charge in [0.25, 0.3) is 0 Å². The summed E-state index contributed by atoms with van der Waals surface area (Å²) in [6.45, 7) is 3.24. The summed E-state index contributed by atoms with van der Waals surface area (Å²) in [5.41, 5.74) is 2.41. The second-order valence-corrected chi connectivity index (χ2v) is 13.0. The molecule has 0 amide bonds. The smallest absolute Gasteiger partial charge is 0.387 e. The van der Waals surface area contributed by atoms with Crippen molar-refractivity contribution in [1.82, 2.24) is 14.8 Å². The minimum absolute atomic E-state index is 0.0116. The van der Waals surface area contributed by atoms with Crippen molar-refractivity contribution in [2.75, 3.05) is 11.5 Å². The van der Waals surface area contributed by atoms with Crippen LogP contribution < -0.4 is 4.74 Å². The van der Waals surface area contributed by atoms with E-state index in [0.717, 1.165) is 12.8 Å². The molecule has 35 heavy (non-hydrogen) atoms. The summed E-state index contributed by atoms with van der Waals surface area (Å²) in [5, 5.41) is 4.81. The Hall–Kier alpha value is -2.88. The van der Waals surface area contributed by atoms with Gasteiger partial charge in [0.2, 0.25) is 0 Å². The van der Waals surface area contributed by atoms with Crippen molar-refractivity contribution in [1.29, 1.82) is 0 Å². The molecule has 5 rings (SSSR count). The van der Waals surface area contributed by atoms with Gasteiger partial charge in [-0.1, -0.05) is 32.9 Å². The molecule has 3 aromatic rings. The highest BCUT2D eigenvalue weighted by molar-refractivity contribution is 7.92. The summed E-state index contributed by atoms with van der Waals surface area (Å²) in [7, 11) is -3.05. The lowest BCUT2D eigenvalue weighted by Gasteiger charge is -2.42. The van der Waals surface area contributed by atoms with E-state index in [2.05, 4.69) is 23.6 Å². The lowest BCUT2D eigenvalue weighted by atomic mass is 9.68. The molecule has 7 nitrogen and oxygen atoms in total. The van der Waals surface area contributed by atoms with E-state index in [-0.39, 0.29) is 40.9 Å². The number of fused-ring (bicyclic) bond motifs is 1. The summed E-state index contributed by atoms with van der Waals surface area (Å²) in [6, 6.07) is 8.23. The van der Waals surface area contributed by atoms with Crippen molar-refractivity contribution >= 4 is 26.7 Å². The Morgan fingerprint density at radius 2 is 1.91 bits per heavy atom. The third kappa shape index (κ3) is 4.68. The van der Waals surface area contributed by atoms with E-state index < -0.39 is 21.9 Å². The molecule has 1 saturated heterocycles. The number of carbonyl (C=O) groups excluding carboxylic acids is 1. The molecule has 0 atom stereocenters. The normalized spacial score (nSPS) is 20.4. The predicted octanol–water partition coefficient (Wildman–Crippen LogP) is 5.07. The highest BCUT2D eigenvalue weighted by Gasteiger charge is 2.46. The average Bonchev–Trinajstić information content (AvgIpc) is 3.08. The molecule has 1 saturated carbocycles. The molecule has 0 N–H and O–H groups in total. The molecule has 1 aliphatic carbocycles. The summed E-state index contributed by atoms with van der Waals surface area (Å²) >= 11 is 0. The number of ether oxygens (including phenoxy) is 1. The minimum Gasteiger partial charge on any atom is -0.435 e. The number of halogens is 2. The monoisotopic (exact) mass is 503 g/mol. The number of sulfone groups is 1. The van der Waals surface area contributed by atoms with Crippen LogP contribution in [0.2, 0.25) is 0 Å². The number of pyridine rings is 1. The van der Waals surface area contributed by atoms with Gasteiger partial charge in [0.15, 0.2) is 15.6 Å². The molecular formula is C25H27F2N3O4S. The van der Waals surface area contributed by atoms with Crippen molar-refractivity contribution in [3.05, 3.63) is 42.1 Å². The van der Waals surface area contributed by atoms with Crippen LogP contribution in [0.3, 0.4) is 0 Å². The lowest BCUT2D eigenvalue weighted by molar-refractivity contribution is -0.0498. The number of aromatic nitrogens is 3. The quantitative estimate of drug-likeness (QED) is 0.418. The number of ketones is 1. The highest BCUT2D eigenvalue weighted by Crippen LogP contribution is 2.49. The van der Waals surface area contributed by atoms with Crippen LogP contribution in [0, 0.1) is 10.8 Å². The largest absolute Gasteiger partial charge is 0.435 e. The second-order valence-electron chi connectivity index (χ2n) is 11.0. The van der Waals surface area contributed by atoms with E-state index in [4.69, 9.17) is 5.10 Å². The molecule has 0 spiro atoms. The highest BCUT2D eigenvalue weighted by atomic mass is 32.2. The molecule has 10 heteroatoms. The van der Waals surface area contributed by atoms with Gasteiger partial charge in [-0.05, 0) is 36.5 Å². The molecule has 2 aliphatic rings. The first-order chi connectivity index (χ1) is 16.3. The number of hydrogen-bond donors (Lipinski definition) is 0. The van der Waals surface area contributed by atoms with Crippen LogP contribution in [0.4, 0.5) is 8.78 Å². The fourth-order valence-corrected chi connectivity index (χ4v) is 7.71. The molecule has 3 heterocycles. The Morgan fingerprint density at radius 1 is 1.20 bits per heavy atom. The zero-order valence-corrected chi connectivity index (χ0v) is 20.6. The number of benzene rings is 1. The molecule has 1 aliphatic heterocycles. The van der Waals surface area contributed by atoms with Gasteiger partial charge < -0.3 is 4.74 Å². The van der Waals surface area contributed by atoms with Crippen molar-refractivity contribution in [3.8, 4) is 17.0 Å². The fraction of sp³-hybridized carbons (Fsp3) is 0.480. The van der Waals surface area contributed by atoms with Crippen LogP contribution >= 0.6 is 0 Å². The van der Waals surface area contributed by atoms with Crippen LogP contribution in [0.5, 0.6) is 5.75 Å². The Labute approximate surface area is 202 Å². The second kappa shape index (κ2) is 8.08. The third-order valence-corrected chi connectivity index (χ3v) is 9.12. The Morgan fingerprint density at radius 3 is 2.54 bits per heavy atom. The zero-order chi connectivity index (χ0) is 25.2. The number of nitrogens with zero attached hydrogens (tertiary/aromatic N) is 3. The lowest BCUT2D eigenvalue weighted by Crippen LogP contribution is -2.47. The van der Waals surface area contributed by atoms with E-state index in [1.165, 1.54) is 18.3 Å². The fourth-order valence-electron chi connectivity index (χ4n) is 5.46. The first-order valence-electron chi connectivity index (χ1n) is 11.5. The number of rotatable bonds is 7. The van der Waals surface area contributed by atoms with Crippen molar-refractivity contribution in [3.63, 3.8) is 0 Å². The van der Waals surface area contributed by atoms with Gasteiger partial charge in [-0.2, -0.15) is 13.9 Å². The first-order valence-corrected chi connectivity index (χ1v) is 13.3. The van der Waals surface area contributed by atoms with Gasteiger partial charge in [-0.25, -0.2) is 8.42 Å². The van der Waals surface area contributed by atoms with Crippen LogP contribution in [-0.4, -0.2) is 47.1 Å². The minimum atomic E-state index is -3.05. The van der Waals surface area contributed by atoms with Gasteiger partial charge in [0.05, 0.1) is 23.1 Å². The molecule has 0 bridgehead atoms. The van der Waals surface area contributed by atoms with Gasteiger partial charge in [-0.15, -0.1) is 0 Å². The van der Waals surface area contributed by atoms with E-state index in [9.17, 15) is 22.0 Å². The van der Waals surface area contributed by atoms with Crippen LogP contribution in [0.1, 0.15) is 56.4 Å². The number of hydrogen-bond acceptors (Lipinski definition) is 6. The molecule has 2 aromatic heterocycles. The maximum atomic E-state index is 13.0. The first kappa shape index (κ1) is 23.8. The van der Waals surface area contributed by atoms with E-state index >= 15 is 0 Å². The van der Waals surface area contributed by atoms with Crippen molar-refractivity contribution in [2.45, 2.75) is 52.7 Å². The van der Waals surface area contributed by atoms with Crippen LogP contribution in [-0.2, 0) is 9.84 Å². The van der Waals surface area contributed by atoms with E-state index in [1.54, 1.807) is 18.2 Å². The number of alkyl halides is 2. The SMILES string of the molecule is CC1(C)CC(n2nc(-c3cccc(OC(F)F)c3)c3ncc(C(=O)CC4(C)CS(=O)(=O)C4)cc32)C1. The molecule has 0 unspecified atom stereocenters. The molecule has 186 valence electrons. The van der Waals surface area contributed by atoms with Gasteiger partial charge >= 0.3 is 6.61 Å². The number of Topliss-reactive ketones (excluding diaryl/α,β-unsaturated/α-hetero) is 1. The maximum absolute atomic E-state index is 13.0. The van der Waals surface area contributed by atoms with Crippen LogP contribution in [0.15, 0.2) is 36.5 Å². The Kier molecular flexibility index (Phi) is 5.50. The molecule has 1 aromatic carbocycles. The van der Waals surface area contributed by atoms with Crippen molar-refractivity contribution < 1.29 is 26.7 Å².